The van der Waals surface area contributed by atoms with Crippen LogP contribution < -0.4 is 10.6 Å². The van der Waals surface area contributed by atoms with E-state index in [1.54, 1.807) is 36.4 Å². The molecule has 0 atom stereocenters. The van der Waals surface area contributed by atoms with Crippen molar-refractivity contribution in [1.29, 1.82) is 5.26 Å². The van der Waals surface area contributed by atoms with Crippen LogP contribution in [0.15, 0.2) is 42.5 Å². The maximum atomic E-state index is 13.1. The minimum atomic E-state index is -0.413. The summed E-state index contributed by atoms with van der Waals surface area (Å²) in [6, 6.07) is 13.9. The van der Waals surface area contributed by atoms with Crippen LogP contribution in [0.5, 0.6) is 0 Å². The first kappa shape index (κ1) is 26.0. The van der Waals surface area contributed by atoms with E-state index in [1.807, 2.05) is 6.07 Å². The zero-order valence-electron chi connectivity index (χ0n) is 20.7. The van der Waals surface area contributed by atoms with Gasteiger partial charge in [0.25, 0.3) is 5.91 Å². The number of methoxy groups -OCH3 is 1. The number of fused-ring (bicyclic) bond motifs is 1. The molecular formula is C26H26N8O4. The van der Waals surface area contributed by atoms with E-state index in [0.29, 0.717) is 58.8 Å². The van der Waals surface area contributed by atoms with Gasteiger partial charge in [-0.1, -0.05) is 25.0 Å². The number of benzene rings is 2. The molecule has 4 rings (SSSR count). The molecule has 0 aliphatic rings. The number of esters is 1. The molecule has 0 aliphatic carbocycles. The molecule has 0 spiro atoms. The van der Waals surface area contributed by atoms with Crippen molar-refractivity contribution in [2.45, 2.75) is 38.5 Å². The number of amides is 2. The van der Waals surface area contributed by atoms with Gasteiger partial charge in [0, 0.05) is 23.8 Å². The summed E-state index contributed by atoms with van der Waals surface area (Å²) in [4.78, 5) is 39.9. The van der Waals surface area contributed by atoms with E-state index in [9.17, 15) is 19.6 Å². The highest BCUT2D eigenvalue weighted by Gasteiger charge is 2.17. The number of ether oxygens (including phenoxy) is 1. The topological polar surface area (TPSA) is 179 Å². The highest BCUT2D eigenvalue weighted by atomic mass is 16.5. The first-order valence-electron chi connectivity index (χ1n) is 12.1. The number of carbonyl (C=O) groups excluding carboxylic acids is 3. The number of nitrogens with zero attached hydrogens (tertiary/aromatic N) is 4. The van der Waals surface area contributed by atoms with Crippen LogP contribution in [0.25, 0.3) is 22.3 Å². The second kappa shape index (κ2) is 12.3. The summed E-state index contributed by atoms with van der Waals surface area (Å²) in [5.41, 5.74) is 2.77. The number of hydrogen-bond acceptors (Lipinski definition) is 8. The first-order valence-corrected chi connectivity index (χ1v) is 12.1. The van der Waals surface area contributed by atoms with Gasteiger partial charge in [-0.2, -0.15) is 5.26 Å². The van der Waals surface area contributed by atoms with Crippen LogP contribution in [-0.2, 0) is 14.3 Å². The summed E-state index contributed by atoms with van der Waals surface area (Å²) >= 11 is 0. The number of unbranched alkanes of at least 4 members (excludes halogenated alkanes) is 3. The maximum absolute atomic E-state index is 13.1. The largest absolute Gasteiger partial charge is 0.469 e. The van der Waals surface area contributed by atoms with E-state index in [1.165, 1.54) is 7.11 Å². The third kappa shape index (κ3) is 6.38. The molecule has 4 aromatic rings. The van der Waals surface area contributed by atoms with Gasteiger partial charge >= 0.3 is 5.97 Å². The summed E-state index contributed by atoms with van der Waals surface area (Å²) in [6.45, 7) is 0. The Labute approximate surface area is 217 Å². The lowest BCUT2D eigenvalue weighted by Gasteiger charge is -2.09. The van der Waals surface area contributed by atoms with Crippen molar-refractivity contribution in [3.63, 3.8) is 0 Å². The average molecular weight is 515 g/mol. The Balaban J connectivity index is 1.41. The van der Waals surface area contributed by atoms with Gasteiger partial charge in [0.15, 0.2) is 5.82 Å². The van der Waals surface area contributed by atoms with Crippen molar-refractivity contribution < 1.29 is 19.1 Å². The summed E-state index contributed by atoms with van der Waals surface area (Å²) in [7, 11) is 1.37. The van der Waals surface area contributed by atoms with E-state index in [0.717, 1.165) is 24.6 Å². The average Bonchev–Trinajstić information content (AvgIpc) is 3.62. The summed E-state index contributed by atoms with van der Waals surface area (Å²) < 4.78 is 4.62. The third-order valence-corrected chi connectivity index (χ3v) is 5.93. The Hall–Kier alpha value is -5.05. The van der Waals surface area contributed by atoms with Gasteiger partial charge in [0.2, 0.25) is 5.91 Å². The molecule has 4 N–H and O–H groups in total. The minimum absolute atomic E-state index is 0.131. The summed E-state index contributed by atoms with van der Waals surface area (Å²) in [5.74, 6) is -0.459. The van der Waals surface area contributed by atoms with Crippen molar-refractivity contribution in [2.24, 2.45) is 0 Å². The number of anilines is 2. The number of aromatic amines is 2. The van der Waals surface area contributed by atoms with Crippen molar-refractivity contribution >= 4 is 40.1 Å². The number of aromatic nitrogens is 5. The monoisotopic (exact) mass is 514 g/mol. The number of hydrogen-bond donors (Lipinski definition) is 4. The number of para-hydroxylation sites is 1. The SMILES string of the molecule is COC(=O)CCCCCCC(=O)Nc1cccc2cc(C(=O)Nc3ccc(C#N)cc3-c3nnn[nH]3)[nH]c12. The maximum Gasteiger partial charge on any atom is 0.305 e. The number of nitrogens with one attached hydrogen (secondary N) is 4. The standard InChI is InChI=1S/C26H26N8O4/c1-38-23(36)10-5-3-2-4-9-22(35)28-20-8-6-7-17-14-21(29-24(17)20)26(37)30-19-12-11-16(15-27)13-18(19)25-31-33-34-32-25/h6-8,11-14,29H,2-5,9-10H2,1H3,(H,28,35)(H,30,37)(H,31,32,33,34). The number of rotatable bonds is 11. The molecule has 194 valence electrons. The van der Waals surface area contributed by atoms with Crippen molar-refractivity contribution in [2.75, 3.05) is 17.7 Å². The number of tetrazole rings is 1. The smallest absolute Gasteiger partial charge is 0.305 e. The second-order valence-electron chi connectivity index (χ2n) is 8.57. The fourth-order valence-electron chi connectivity index (χ4n) is 3.99. The van der Waals surface area contributed by atoms with Crippen LogP contribution in [0.1, 0.15) is 54.6 Å². The van der Waals surface area contributed by atoms with Gasteiger partial charge in [-0.3, -0.25) is 14.4 Å². The van der Waals surface area contributed by atoms with E-state index in [4.69, 9.17) is 0 Å². The lowest BCUT2D eigenvalue weighted by molar-refractivity contribution is -0.140. The van der Waals surface area contributed by atoms with E-state index < -0.39 is 5.91 Å². The summed E-state index contributed by atoms with van der Waals surface area (Å²) in [6.07, 6.45) is 3.86. The molecule has 0 radical (unpaired) electrons. The Morgan fingerprint density at radius 1 is 1.00 bits per heavy atom. The first-order chi connectivity index (χ1) is 18.5. The Morgan fingerprint density at radius 3 is 2.55 bits per heavy atom. The molecule has 38 heavy (non-hydrogen) atoms. The third-order valence-electron chi connectivity index (χ3n) is 5.93. The van der Waals surface area contributed by atoms with Gasteiger partial charge in [-0.15, -0.1) is 5.10 Å². The van der Waals surface area contributed by atoms with E-state index >= 15 is 0 Å². The predicted molar refractivity (Wildman–Crippen MR) is 139 cm³/mol. The van der Waals surface area contributed by atoms with Crippen molar-refractivity contribution in [3.05, 3.63) is 53.7 Å². The van der Waals surface area contributed by atoms with Crippen LogP contribution in [-0.4, -0.2) is 50.5 Å². The molecule has 0 unspecified atom stereocenters. The van der Waals surface area contributed by atoms with Gasteiger partial charge in [0.05, 0.1) is 35.6 Å². The lowest BCUT2D eigenvalue weighted by atomic mass is 10.1. The molecule has 0 saturated carbocycles. The van der Waals surface area contributed by atoms with Gasteiger partial charge in [-0.05, 0) is 53.6 Å². The van der Waals surface area contributed by atoms with E-state index in [2.05, 4.69) is 47.0 Å². The van der Waals surface area contributed by atoms with Crippen molar-refractivity contribution in [1.82, 2.24) is 25.6 Å². The zero-order valence-corrected chi connectivity index (χ0v) is 20.7. The number of H-pyrrole nitrogens is 2. The Kier molecular flexibility index (Phi) is 8.40. The summed E-state index contributed by atoms with van der Waals surface area (Å²) in [5, 5.41) is 29.4. The molecule has 0 saturated heterocycles. The van der Waals surface area contributed by atoms with Crippen LogP contribution in [0.4, 0.5) is 11.4 Å². The lowest BCUT2D eigenvalue weighted by Crippen LogP contribution is -2.13. The molecule has 2 aromatic heterocycles. The zero-order chi connectivity index (χ0) is 26.9. The molecular weight excluding hydrogens is 488 g/mol. The normalized spacial score (nSPS) is 10.6. The van der Waals surface area contributed by atoms with Crippen LogP contribution in [0, 0.1) is 11.3 Å². The highest BCUT2D eigenvalue weighted by Crippen LogP contribution is 2.28. The molecule has 0 fully saturated rings. The quantitative estimate of drug-likeness (QED) is 0.172. The molecule has 12 nitrogen and oxygen atoms in total. The molecule has 2 heterocycles. The van der Waals surface area contributed by atoms with Crippen LogP contribution in [0.3, 0.4) is 0 Å². The van der Waals surface area contributed by atoms with E-state index in [-0.39, 0.29) is 11.9 Å². The number of carbonyl (C=O) groups is 3. The Morgan fingerprint density at radius 2 is 1.82 bits per heavy atom. The molecule has 2 amide bonds. The fraction of sp³-hybridized carbons (Fsp3) is 0.269. The van der Waals surface area contributed by atoms with Crippen LogP contribution >= 0.6 is 0 Å². The molecule has 0 bridgehead atoms. The number of nitriles is 1. The van der Waals surface area contributed by atoms with Crippen LogP contribution in [0.2, 0.25) is 0 Å². The van der Waals surface area contributed by atoms with Crippen molar-refractivity contribution in [3.8, 4) is 17.5 Å². The highest BCUT2D eigenvalue weighted by molar-refractivity contribution is 6.09. The van der Waals surface area contributed by atoms with Gasteiger partial charge in [0.1, 0.15) is 5.69 Å². The predicted octanol–water partition coefficient (Wildman–Crippen LogP) is 3.92. The Bertz CT molecular complexity index is 1490. The molecule has 2 aromatic carbocycles. The molecule has 0 aliphatic heterocycles. The van der Waals surface area contributed by atoms with Gasteiger partial charge in [-0.25, -0.2) is 5.10 Å². The molecule has 12 heteroatoms. The fourth-order valence-corrected chi connectivity index (χ4v) is 3.99. The second-order valence-corrected chi connectivity index (χ2v) is 8.57. The van der Waals surface area contributed by atoms with Gasteiger partial charge < -0.3 is 20.4 Å². The minimum Gasteiger partial charge on any atom is -0.469 e.